The van der Waals surface area contributed by atoms with Crippen LogP contribution < -0.4 is 20.3 Å². The number of aromatic nitrogens is 2. The Morgan fingerprint density at radius 2 is 1.97 bits per heavy atom. The number of anilines is 2. The molecule has 1 amide bonds. The minimum absolute atomic E-state index is 0.0528. The molecular weight excluding hydrogens is 444 g/mol. The Morgan fingerprint density at radius 3 is 2.55 bits per heavy atom. The first-order valence-electron chi connectivity index (χ1n) is 13.8. The van der Waals surface area contributed by atoms with Gasteiger partial charge in [-0.15, -0.1) is 0 Å². The van der Waals surface area contributed by atoms with Gasteiger partial charge >= 0.3 is 0 Å². The number of benzene rings is 1. The third kappa shape index (κ3) is 5.78. The number of nitrogens with zero attached hydrogens (tertiary/aromatic N) is 1. The molecule has 3 rings (SSSR count). The summed E-state index contributed by atoms with van der Waals surface area (Å²) in [7, 11) is -2.61. The highest BCUT2D eigenvalue weighted by atomic mass is 32.2. The lowest BCUT2D eigenvalue weighted by atomic mass is 9.84. The first-order chi connectivity index (χ1) is 19.1. The van der Waals surface area contributed by atoms with E-state index in [2.05, 4.69) is 20.0 Å². The number of carbonyl (C=O) groups is 1. The number of nitrogens with one attached hydrogen (secondary N) is 3. The largest absolute Gasteiger partial charge is 0.494 e. The van der Waals surface area contributed by atoms with Gasteiger partial charge in [-0.3, -0.25) is 14.3 Å². The summed E-state index contributed by atoms with van der Waals surface area (Å²) in [5.41, 5.74) is -5.81. The maximum absolute atomic E-state index is 13.2. The predicted octanol–water partition coefficient (Wildman–Crippen LogP) is 3.37. The highest BCUT2D eigenvalue weighted by Crippen LogP contribution is 2.40. The SMILES string of the molecule is [2H]C([2H])([2H])C(c1cc(-c2ccc[nH]c2=O)cc(NC(=O)c2ccc(NS(C)(=O)=O)cn2)c1OC)(C([2H])([2H])[2H])C([2H])([2H])[2H]. The minimum Gasteiger partial charge on any atom is -0.494 e. The van der Waals surface area contributed by atoms with E-state index < -0.39 is 58.8 Å². The molecular formula is C23H26N4O5S. The Bertz CT molecular complexity index is 1610. The fourth-order valence-electron chi connectivity index (χ4n) is 3.01. The average Bonchev–Trinajstić information content (AvgIpc) is 2.81. The van der Waals surface area contributed by atoms with Gasteiger partial charge in [-0.1, -0.05) is 20.6 Å². The van der Waals surface area contributed by atoms with Gasteiger partial charge in [0.15, 0.2) is 0 Å². The zero-order valence-electron chi connectivity index (χ0n) is 26.5. The molecule has 10 heteroatoms. The van der Waals surface area contributed by atoms with E-state index in [0.717, 1.165) is 25.6 Å². The van der Waals surface area contributed by atoms with E-state index >= 15 is 0 Å². The molecule has 0 radical (unpaired) electrons. The number of pyridine rings is 2. The van der Waals surface area contributed by atoms with E-state index in [9.17, 15) is 18.0 Å². The molecule has 0 unspecified atom stereocenters. The van der Waals surface area contributed by atoms with Crippen LogP contribution >= 0.6 is 0 Å². The molecule has 0 fully saturated rings. The first kappa shape index (κ1) is 14.5. The number of sulfonamides is 1. The molecule has 0 saturated carbocycles. The lowest BCUT2D eigenvalue weighted by Crippen LogP contribution is -2.19. The normalized spacial score (nSPS) is 16.8. The molecule has 0 aliphatic rings. The number of rotatable bonds is 6. The molecule has 3 N–H and O–H groups in total. The summed E-state index contributed by atoms with van der Waals surface area (Å²) in [5, 5.41) is 2.41. The van der Waals surface area contributed by atoms with Gasteiger partial charge in [0, 0.05) is 29.7 Å². The van der Waals surface area contributed by atoms with Gasteiger partial charge in [-0.25, -0.2) is 13.4 Å². The smallest absolute Gasteiger partial charge is 0.274 e. The summed E-state index contributed by atoms with van der Waals surface area (Å²) in [4.78, 5) is 32.1. The summed E-state index contributed by atoms with van der Waals surface area (Å²) < 4.78 is 104. The van der Waals surface area contributed by atoms with Gasteiger partial charge < -0.3 is 15.0 Å². The second kappa shape index (κ2) is 9.07. The van der Waals surface area contributed by atoms with E-state index in [-0.39, 0.29) is 28.2 Å². The van der Waals surface area contributed by atoms with E-state index in [1.54, 1.807) is 0 Å². The van der Waals surface area contributed by atoms with Crippen molar-refractivity contribution >= 4 is 27.3 Å². The topological polar surface area (TPSA) is 130 Å². The molecule has 1 aromatic carbocycles. The van der Waals surface area contributed by atoms with Crippen molar-refractivity contribution in [3.63, 3.8) is 0 Å². The third-order valence-electron chi connectivity index (χ3n) is 4.37. The third-order valence-corrected chi connectivity index (χ3v) is 4.98. The van der Waals surface area contributed by atoms with Gasteiger partial charge in [0.1, 0.15) is 11.4 Å². The van der Waals surface area contributed by atoms with Crippen molar-refractivity contribution in [3.05, 3.63) is 70.4 Å². The fourth-order valence-corrected chi connectivity index (χ4v) is 3.56. The van der Waals surface area contributed by atoms with Crippen LogP contribution in [-0.2, 0) is 15.4 Å². The van der Waals surface area contributed by atoms with Crippen LogP contribution in [0.4, 0.5) is 11.4 Å². The van der Waals surface area contributed by atoms with E-state index in [1.165, 1.54) is 36.5 Å². The molecule has 0 spiro atoms. The molecule has 0 atom stereocenters. The van der Waals surface area contributed by atoms with Crippen molar-refractivity contribution in [3.8, 4) is 16.9 Å². The van der Waals surface area contributed by atoms with Gasteiger partial charge in [-0.05, 0) is 47.4 Å². The van der Waals surface area contributed by atoms with Crippen LogP contribution in [0.2, 0.25) is 0 Å². The highest BCUT2D eigenvalue weighted by molar-refractivity contribution is 7.92. The summed E-state index contributed by atoms with van der Waals surface area (Å²) in [5.74, 6) is -1.52. The van der Waals surface area contributed by atoms with Gasteiger partial charge in [-0.2, -0.15) is 0 Å². The van der Waals surface area contributed by atoms with Gasteiger partial charge in [0.25, 0.3) is 11.5 Å². The van der Waals surface area contributed by atoms with Crippen LogP contribution in [0.1, 0.15) is 48.9 Å². The van der Waals surface area contributed by atoms with Crippen LogP contribution in [0.15, 0.2) is 53.6 Å². The Morgan fingerprint density at radius 1 is 1.21 bits per heavy atom. The van der Waals surface area contributed by atoms with Crippen molar-refractivity contribution < 1.29 is 30.3 Å². The number of hydrogen-bond donors (Lipinski definition) is 3. The maximum Gasteiger partial charge on any atom is 0.274 e. The van der Waals surface area contributed by atoms with Crippen molar-refractivity contribution in [2.24, 2.45) is 0 Å². The number of aromatic amines is 1. The molecule has 9 nitrogen and oxygen atoms in total. The quantitative estimate of drug-likeness (QED) is 0.497. The summed E-state index contributed by atoms with van der Waals surface area (Å²) in [6, 6.07) is 7.29. The van der Waals surface area contributed by atoms with Crippen molar-refractivity contribution in [2.45, 2.75) is 26.0 Å². The number of ether oxygens (including phenoxy) is 1. The van der Waals surface area contributed by atoms with Gasteiger partial charge in [0.2, 0.25) is 10.0 Å². The average molecular weight is 480 g/mol. The zero-order valence-corrected chi connectivity index (χ0v) is 18.3. The molecule has 2 aromatic heterocycles. The van der Waals surface area contributed by atoms with Crippen LogP contribution in [-0.4, -0.2) is 37.7 Å². The Hall–Kier alpha value is -3.66. The first-order valence-corrected chi connectivity index (χ1v) is 11.2. The van der Waals surface area contributed by atoms with Crippen LogP contribution in [0.25, 0.3) is 11.1 Å². The van der Waals surface area contributed by atoms with Gasteiger partial charge in [0.05, 0.1) is 30.9 Å². The van der Waals surface area contributed by atoms with Crippen LogP contribution in [0, 0.1) is 0 Å². The summed E-state index contributed by atoms with van der Waals surface area (Å²) >= 11 is 0. The highest BCUT2D eigenvalue weighted by Gasteiger charge is 2.24. The molecule has 0 aliphatic heterocycles. The van der Waals surface area contributed by atoms with Crippen molar-refractivity contribution in [2.75, 3.05) is 23.4 Å². The number of H-pyrrole nitrogens is 1. The molecule has 0 aliphatic carbocycles. The molecule has 2 heterocycles. The minimum atomic E-state index is -3.68. The molecule has 0 bridgehead atoms. The van der Waals surface area contributed by atoms with E-state index in [1.807, 2.05) is 0 Å². The molecule has 33 heavy (non-hydrogen) atoms. The maximum atomic E-state index is 13.2. The summed E-state index contributed by atoms with van der Waals surface area (Å²) in [6.45, 7) is -11.0. The summed E-state index contributed by atoms with van der Waals surface area (Å²) in [6.07, 6.45) is 3.28. The fraction of sp³-hybridized carbons (Fsp3) is 0.261. The molecule has 0 saturated heterocycles. The number of methoxy groups -OCH3 is 1. The van der Waals surface area contributed by atoms with E-state index in [0.29, 0.717) is 0 Å². The Labute approximate surface area is 204 Å². The second-order valence-electron chi connectivity index (χ2n) is 7.03. The predicted molar refractivity (Wildman–Crippen MR) is 128 cm³/mol. The lowest BCUT2D eigenvalue weighted by molar-refractivity contribution is 0.102. The second-order valence-corrected chi connectivity index (χ2v) is 8.78. The van der Waals surface area contributed by atoms with E-state index in [4.69, 9.17) is 17.1 Å². The van der Waals surface area contributed by atoms with Crippen molar-refractivity contribution in [1.29, 1.82) is 0 Å². The standard InChI is InChI=1S/C23H26N4O5S/c1-23(2,3)17-11-14(16-7-6-10-24-21(16)28)12-19(20(17)32-4)26-22(29)18-9-8-15(13-25-18)27-33(5,30)31/h6-13,27H,1-5H3,(H,24,28)(H,26,29)/i1D3,2D3,3D3. The number of hydrogen-bond acceptors (Lipinski definition) is 6. The molecule has 3 aromatic rings. The van der Waals surface area contributed by atoms with Crippen LogP contribution in [0.5, 0.6) is 5.75 Å². The van der Waals surface area contributed by atoms with Crippen LogP contribution in [0.3, 0.4) is 0 Å². The lowest BCUT2D eigenvalue weighted by Gasteiger charge is -2.25. The number of carbonyl (C=O) groups excluding carboxylic acids is 1. The zero-order chi connectivity index (χ0) is 31.9. The Kier molecular flexibility index (Phi) is 3.98. The number of amides is 1. The Balaban J connectivity index is 2.35. The monoisotopic (exact) mass is 479 g/mol. The van der Waals surface area contributed by atoms with Crippen molar-refractivity contribution in [1.82, 2.24) is 9.97 Å². The molecule has 174 valence electrons.